The maximum atomic E-state index is 13.1. The van der Waals surface area contributed by atoms with Crippen LogP contribution >= 0.6 is 0 Å². The van der Waals surface area contributed by atoms with Crippen LogP contribution in [0.4, 0.5) is 0 Å². The summed E-state index contributed by atoms with van der Waals surface area (Å²) >= 11 is 0. The third-order valence-electron chi connectivity index (χ3n) is 4.99. The molecule has 0 aliphatic rings. The number of phenols is 2. The van der Waals surface area contributed by atoms with Gasteiger partial charge in [0.05, 0.1) is 5.56 Å². The Morgan fingerprint density at radius 3 is 1.58 bits per heavy atom. The van der Waals surface area contributed by atoms with E-state index < -0.39 is 40.2 Å². The van der Waals surface area contributed by atoms with E-state index in [0.717, 1.165) is 6.07 Å². The average molecular weight is 438 g/mol. The molecule has 0 aliphatic carbocycles. The summed E-state index contributed by atoms with van der Waals surface area (Å²) in [4.78, 5) is 39.1. The Morgan fingerprint density at radius 1 is 0.576 bits per heavy atom. The molecule has 2 N–H and O–H groups in total. The van der Waals surface area contributed by atoms with Crippen LogP contribution in [-0.4, -0.2) is 27.7 Å². The highest BCUT2D eigenvalue weighted by molar-refractivity contribution is 6.19. The first-order valence-corrected chi connectivity index (χ1v) is 10.0. The fourth-order valence-corrected chi connectivity index (χ4v) is 3.34. The molecule has 0 saturated carbocycles. The largest absolute Gasteiger partial charge is 0.506 e. The molecule has 0 spiro atoms. The molecule has 0 unspecified atom stereocenters. The van der Waals surface area contributed by atoms with Crippen molar-refractivity contribution < 1.29 is 29.3 Å². The van der Waals surface area contributed by atoms with E-state index in [1.54, 1.807) is 66.7 Å². The van der Waals surface area contributed by atoms with Crippen molar-refractivity contribution in [3.63, 3.8) is 0 Å². The zero-order valence-electron chi connectivity index (χ0n) is 17.3. The van der Waals surface area contributed by atoms with Crippen LogP contribution in [0.1, 0.15) is 42.2 Å². The highest BCUT2D eigenvalue weighted by atomic mass is 16.5. The first-order valence-electron chi connectivity index (χ1n) is 10.0. The second kappa shape index (κ2) is 9.20. The van der Waals surface area contributed by atoms with E-state index in [4.69, 9.17) is 4.74 Å². The van der Waals surface area contributed by atoms with E-state index in [2.05, 4.69) is 0 Å². The maximum Gasteiger partial charge on any atom is 0.347 e. The molecule has 0 heterocycles. The second-order valence-electron chi connectivity index (χ2n) is 7.14. The highest BCUT2D eigenvalue weighted by Crippen LogP contribution is 2.37. The summed E-state index contributed by atoms with van der Waals surface area (Å²) < 4.78 is 5.30. The molecule has 0 fully saturated rings. The van der Waals surface area contributed by atoms with Gasteiger partial charge in [-0.05, 0) is 18.2 Å². The number of esters is 1. The van der Waals surface area contributed by atoms with Gasteiger partial charge in [-0.25, -0.2) is 4.79 Å². The Labute approximate surface area is 189 Å². The number of hydrogen-bond donors (Lipinski definition) is 2. The molecule has 4 aromatic rings. The molecule has 0 saturated heterocycles. The molecule has 4 rings (SSSR count). The minimum Gasteiger partial charge on any atom is -0.506 e. The molecule has 0 atom stereocenters. The lowest BCUT2D eigenvalue weighted by Crippen LogP contribution is -2.14. The molecular formula is C27H18O6. The van der Waals surface area contributed by atoms with Gasteiger partial charge in [0.25, 0.3) is 0 Å². The molecule has 4 aromatic carbocycles. The third-order valence-corrected chi connectivity index (χ3v) is 4.99. The summed E-state index contributed by atoms with van der Waals surface area (Å²) in [5.41, 5.74) is -0.884. The predicted molar refractivity (Wildman–Crippen MR) is 121 cm³/mol. The smallest absolute Gasteiger partial charge is 0.347 e. The van der Waals surface area contributed by atoms with E-state index in [-0.39, 0.29) is 22.4 Å². The summed E-state index contributed by atoms with van der Waals surface area (Å²) in [7, 11) is 0. The van der Waals surface area contributed by atoms with Gasteiger partial charge in [-0.1, -0.05) is 78.9 Å². The molecule has 33 heavy (non-hydrogen) atoms. The van der Waals surface area contributed by atoms with Crippen LogP contribution in [0.5, 0.6) is 17.2 Å². The van der Waals surface area contributed by atoms with Gasteiger partial charge in [0.15, 0.2) is 5.78 Å². The van der Waals surface area contributed by atoms with Crippen LogP contribution in [0, 0.1) is 0 Å². The topological polar surface area (TPSA) is 101 Å². The fraction of sp³-hybridized carbons (Fsp3) is 0. The van der Waals surface area contributed by atoms with Crippen LogP contribution in [0.2, 0.25) is 0 Å². The lowest BCUT2D eigenvalue weighted by Gasteiger charge is -2.15. The summed E-state index contributed by atoms with van der Waals surface area (Å²) in [5, 5.41) is 21.7. The third kappa shape index (κ3) is 4.36. The van der Waals surface area contributed by atoms with E-state index in [9.17, 15) is 24.6 Å². The molecule has 0 aromatic heterocycles. The molecule has 0 amide bonds. The summed E-state index contributed by atoms with van der Waals surface area (Å²) in [6, 6.07) is 25.2. The van der Waals surface area contributed by atoms with Gasteiger partial charge in [-0.2, -0.15) is 0 Å². The van der Waals surface area contributed by atoms with Crippen molar-refractivity contribution in [3.8, 4) is 17.2 Å². The van der Waals surface area contributed by atoms with Gasteiger partial charge in [0.1, 0.15) is 28.4 Å². The van der Waals surface area contributed by atoms with E-state index in [1.165, 1.54) is 24.3 Å². The number of ketones is 2. The van der Waals surface area contributed by atoms with Gasteiger partial charge < -0.3 is 14.9 Å². The average Bonchev–Trinajstić information content (AvgIpc) is 2.85. The van der Waals surface area contributed by atoms with Crippen LogP contribution in [0.15, 0.2) is 97.1 Å². The molecular weight excluding hydrogens is 420 g/mol. The first-order chi connectivity index (χ1) is 16.0. The monoisotopic (exact) mass is 438 g/mol. The minimum atomic E-state index is -0.983. The van der Waals surface area contributed by atoms with Gasteiger partial charge >= 0.3 is 5.97 Å². The van der Waals surface area contributed by atoms with Crippen LogP contribution in [-0.2, 0) is 0 Å². The Bertz CT molecular complexity index is 1330. The lowest BCUT2D eigenvalue weighted by molar-refractivity contribution is 0.0731. The number of aromatic hydroxyl groups is 2. The van der Waals surface area contributed by atoms with Crippen molar-refractivity contribution >= 4 is 17.5 Å². The number of carbonyl (C=O) groups excluding carboxylic acids is 3. The summed E-state index contributed by atoms with van der Waals surface area (Å²) in [6.07, 6.45) is 0. The Balaban J connectivity index is 1.88. The molecule has 0 radical (unpaired) electrons. The molecule has 6 heteroatoms. The summed E-state index contributed by atoms with van der Waals surface area (Å²) in [6.45, 7) is 0. The van der Waals surface area contributed by atoms with Crippen molar-refractivity contribution in [1.82, 2.24) is 0 Å². The van der Waals surface area contributed by atoms with Crippen molar-refractivity contribution in [1.29, 1.82) is 0 Å². The molecule has 0 bridgehead atoms. The van der Waals surface area contributed by atoms with Gasteiger partial charge in [0.2, 0.25) is 5.78 Å². The maximum absolute atomic E-state index is 13.1. The lowest BCUT2D eigenvalue weighted by atomic mass is 9.92. The SMILES string of the molecule is O=C(Oc1ccccc1)c1cc(C(=O)c2ccccc2)c(O)c(C(=O)c2ccccc2)c1O. The van der Waals surface area contributed by atoms with Gasteiger partial charge in [-0.15, -0.1) is 0 Å². The predicted octanol–water partition coefficient (Wildman–Crippen LogP) is 4.78. The van der Waals surface area contributed by atoms with Crippen LogP contribution in [0.3, 0.4) is 0 Å². The van der Waals surface area contributed by atoms with Gasteiger partial charge in [0, 0.05) is 11.1 Å². The zero-order valence-corrected chi connectivity index (χ0v) is 17.3. The summed E-state index contributed by atoms with van der Waals surface area (Å²) in [5.74, 6) is -3.63. The molecule has 6 nitrogen and oxygen atoms in total. The van der Waals surface area contributed by atoms with E-state index >= 15 is 0 Å². The minimum absolute atomic E-state index is 0.162. The quantitative estimate of drug-likeness (QED) is 0.255. The Hall–Kier alpha value is -4.71. The first kappa shape index (κ1) is 21.5. The second-order valence-corrected chi connectivity index (χ2v) is 7.14. The van der Waals surface area contributed by atoms with E-state index in [1.807, 2.05) is 0 Å². The Kier molecular flexibility index (Phi) is 6.00. The number of para-hydroxylation sites is 1. The fourth-order valence-electron chi connectivity index (χ4n) is 3.34. The Morgan fingerprint density at radius 2 is 1.03 bits per heavy atom. The van der Waals surface area contributed by atoms with Crippen molar-refractivity contribution in [3.05, 3.63) is 125 Å². The van der Waals surface area contributed by atoms with Crippen LogP contribution in [0.25, 0.3) is 0 Å². The molecule has 162 valence electrons. The van der Waals surface area contributed by atoms with Crippen molar-refractivity contribution in [2.24, 2.45) is 0 Å². The van der Waals surface area contributed by atoms with Crippen molar-refractivity contribution in [2.75, 3.05) is 0 Å². The number of hydrogen-bond acceptors (Lipinski definition) is 6. The number of benzene rings is 4. The van der Waals surface area contributed by atoms with Crippen molar-refractivity contribution in [2.45, 2.75) is 0 Å². The van der Waals surface area contributed by atoms with Gasteiger partial charge in [-0.3, -0.25) is 9.59 Å². The number of ether oxygens (including phenoxy) is 1. The normalized spacial score (nSPS) is 10.4. The zero-order chi connectivity index (χ0) is 23.4. The van der Waals surface area contributed by atoms with E-state index in [0.29, 0.717) is 0 Å². The number of carbonyl (C=O) groups is 3. The number of phenolic OH excluding ortho intramolecular Hbond substituents is 2. The molecule has 0 aliphatic heterocycles. The number of rotatable bonds is 6. The highest BCUT2D eigenvalue weighted by Gasteiger charge is 2.30. The van der Waals surface area contributed by atoms with Crippen LogP contribution < -0.4 is 4.74 Å². The standard InChI is InChI=1S/C27H18O6/c28-23(17-10-4-1-5-11-17)20-16-21(27(32)33-19-14-8-3-9-15-19)26(31)22(25(20)30)24(29)18-12-6-2-7-13-18/h1-16,30-31H.